The van der Waals surface area contributed by atoms with Crippen LogP contribution in [0.2, 0.25) is 0 Å². The highest BCUT2D eigenvalue weighted by Crippen LogP contribution is 2.21. The molecule has 1 aromatic heterocycles. The highest BCUT2D eigenvalue weighted by molar-refractivity contribution is 5.91. The highest BCUT2D eigenvalue weighted by atomic mass is 16.5. The predicted octanol–water partition coefficient (Wildman–Crippen LogP) is 3.61. The zero-order valence-electron chi connectivity index (χ0n) is 12.4. The Balaban J connectivity index is 1.84. The van der Waals surface area contributed by atoms with Gasteiger partial charge in [-0.25, -0.2) is 0 Å². The number of rotatable bonds is 6. The molecule has 0 aliphatic rings. The van der Waals surface area contributed by atoms with E-state index in [0.717, 1.165) is 6.42 Å². The molecule has 2 aromatic rings. The Morgan fingerprint density at radius 1 is 1.29 bits per heavy atom. The van der Waals surface area contributed by atoms with Crippen LogP contribution in [0.4, 0.5) is 5.69 Å². The summed E-state index contributed by atoms with van der Waals surface area (Å²) in [5.41, 5.74) is 1.95. The van der Waals surface area contributed by atoms with E-state index in [9.17, 15) is 4.79 Å². The normalized spacial score (nSPS) is 11.7. The number of aromatic nitrogens is 1. The van der Waals surface area contributed by atoms with E-state index in [2.05, 4.69) is 24.1 Å². The first-order valence-electron chi connectivity index (χ1n) is 7.11. The summed E-state index contributed by atoms with van der Waals surface area (Å²) in [6, 6.07) is 11.4. The average Bonchev–Trinajstić information content (AvgIpc) is 2.53. The first kappa shape index (κ1) is 15.0. The molecule has 0 radical (unpaired) electrons. The van der Waals surface area contributed by atoms with E-state index >= 15 is 0 Å². The molecule has 4 heteroatoms. The van der Waals surface area contributed by atoms with Gasteiger partial charge >= 0.3 is 0 Å². The molecule has 1 atom stereocenters. The Labute approximate surface area is 125 Å². The van der Waals surface area contributed by atoms with Gasteiger partial charge in [0.2, 0.25) is 0 Å². The molecule has 0 aliphatic heterocycles. The van der Waals surface area contributed by atoms with Crippen molar-refractivity contribution < 1.29 is 9.53 Å². The van der Waals surface area contributed by atoms with Gasteiger partial charge in [-0.15, -0.1) is 0 Å². The minimum Gasteiger partial charge on any atom is -0.484 e. The van der Waals surface area contributed by atoms with Crippen molar-refractivity contribution in [1.29, 1.82) is 0 Å². The molecule has 4 nitrogen and oxygen atoms in total. The van der Waals surface area contributed by atoms with Crippen molar-refractivity contribution in [2.75, 3.05) is 11.9 Å². The number of nitrogens with zero attached hydrogens (tertiary/aromatic N) is 1. The Morgan fingerprint density at radius 2 is 2.05 bits per heavy atom. The number of anilines is 1. The molecule has 0 spiro atoms. The van der Waals surface area contributed by atoms with E-state index in [1.807, 2.05) is 24.3 Å². The molecule has 21 heavy (non-hydrogen) atoms. The van der Waals surface area contributed by atoms with Gasteiger partial charge in [-0.2, -0.15) is 0 Å². The summed E-state index contributed by atoms with van der Waals surface area (Å²) in [4.78, 5) is 15.7. The molecule has 0 bridgehead atoms. The van der Waals surface area contributed by atoms with Crippen LogP contribution in [0.3, 0.4) is 0 Å². The smallest absolute Gasteiger partial charge is 0.262 e. The van der Waals surface area contributed by atoms with Gasteiger partial charge in [0.15, 0.2) is 6.61 Å². The van der Waals surface area contributed by atoms with Crippen LogP contribution in [0.5, 0.6) is 5.75 Å². The number of carbonyl (C=O) groups excluding carboxylic acids is 1. The van der Waals surface area contributed by atoms with Crippen molar-refractivity contribution in [2.24, 2.45) is 0 Å². The number of carbonyl (C=O) groups is 1. The first-order chi connectivity index (χ1) is 10.2. The van der Waals surface area contributed by atoms with Crippen LogP contribution in [0.25, 0.3) is 0 Å². The van der Waals surface area contributed by atoms with E-state index < -0.39 is 0 Å². The summed E-state index contributed by atoms with van der Waals surface area (Å²) >= 11 is 0. The molecule has 0 unspecified atom stereocenters. The second-order valence-corrected chi connectivity index (χ2v) is 4.96. The Kier molecular flexibility index (Phi) is 5.32. The highest BCUT2D eigenvalue weighted by Gasteiger charge is 2.05. The van der Waals surface area contributed by atoms with E-state index in [1.165, 1.54) is 5.56 Å². The van der Waals surface area contributed by atoms with Crippen molar-refractivity contribution in [1.82, 2.24) is 4.98 Å². The van der Waals surface area contributed by atoms with Crippen LogP contribution in [-0.2, 0) is 4.79 Å². The second kappa shape index (κ2) is 7.43. The van der Waals surface area contributed by atoms with Gasteiger partial charge in [0, 0.05) is 6.20 Å². The van der Waals surface area contributed by atoms with Gasteiger partial charge in [-0.05, 0) is 42.2 Å². The number of nitrogens with one attached hydrogen (secondary N) is 1. The molecule has 1 N–H and O–H groups in total. The van der Waals surface area contributed by atoms with Crippen molar-refractivity contribution in [3.8, 4) is 5.75 Å². The lowest BCUT2D eigenvalue weighted by molar-refractivity contribution is -0.118. The molecule has 1 amide bonds. The van der Waals surface area contributed by atoms with Crippen LogP contribution in [0.1, 0.15) is 31.7 Å². The number of amides is 1. The predicted molar refractivity (Wildman–Crippen MR) is 83.5 cm³/mol. The molecular formula is C17H20N2O2. The van der Waals surface area contributed by atoms with E-state index in [0.29, 0.717) is 17.4 Å². The fourth-order valence-corrected chi connectivity index (χ4v) is 1.91. The standard InChI is InChI=1S/C17H20N2O2/c1-3-13(2)14-6-8-16(9-7-14)21-12-17(20)19-15-5-4-10-18-11-15/h4-11,13H,3,12H2,1-2H3,(H,19,20)/t13-/m0/s1. The Hall–Kier alpha value is -2.36. The third-order valence-corrected chi connectivity index (χ3v) is 3.38. The third kappa shape index (κ3) is 4.60. The topological polar surface area (TPSA) is 51.2 Å². The van der Waals surface area contributed by atoms with Crippen LogP contribution >= 0.6 is 0 Å². The molecule has 2 rings (SSSR count). The summed E-state index contributed by atoms with van der Waals surface area (Å²) in [6.07, 6.45) is 4.36. The average molecular weight is 284 g/mol. The number of pyridine rings is 1. The lowest BCUT2D eigenvalue weighted by atomic mass is 9.99. The first-order valence-corrected chi connectivity index (χ1v) is 7.11. The quantitative estimate of drug-likeness (QED) is 0.881. The van der Waals surface area contributed by atoms with Gasteiger partial charge in [0.1, 0.15) is 5.75 Å². The maximum absolute atomic E-state index is 11.7. The molecule has 1 aromatic carbocycles. The number of benzene rings is 1. The van der Waals surface area contributed by atoms with Gasteiger partial charge in [0.25, 0.3) is 5.91 Å². The van der Waals surface area contributed by atoms with Crippen molar-refractivity contribution in [3.05, 3.63) is 54.4 Å². The van der Waals surface area contributed by atoms with E-state index in [1.54, 1.807) is 24.5 Å². The molecule has 0 saturated heterocycles. The molecule has 0 fully saturated rings. The van der Waals surface area contributed by atoms with E-state index in [4.69, 9.17) is 4.74 Å². The fourth-order valence-electron chi connectivity index (χ4n) is 1.91. The summed E-state index contributed by atoms with van der Waals surface area (Å²) < 4.78 is 5.48. The minimum absolute atomic E-state index is 0.0163. The number of hydrogen-bond acceptors (Lipinski definition) is 3. The summed E-state index contributed by atoms with van der Waals surface area (Å²) in [5, 5.41) is 2.72. The summed E-state index contributed by atoms with van der Waals surface area (Å²) in [5.74, 6) is 1.03. The van der Waals surface area contributed by atoms with Gasteiger partial charge in [0.05, 0.1) is 11.9 Å². The summed E-state index contributed by atoms with van der Waals surface area (Å²) in [6.45, 7) is 4.34. The fraction of sp³-hybridized carbons (Fsp3) is 0.294. The number of hydrogen-bond donors (Lipinski definition) is 1. The van der Waals surface area contributed by atoms with Crippen LogP contribution in [-0.4, -0.2) is 17.5 Å². The van der Waals surface area contributed by atoms with Gasteiger partial charge in [-0.1, -0.05) is 26.0 Å². The van der Waals surface area contributed by atoms with Crippen LogP contribution < -0.4 is 10.1 Å². The Bertz CT molecular complexity index is 567. The van der Waals surface area contributed by atoms with Crippen LogP contribution in [0, 0.1) is 0 Å². The zero-order valence-corrected chi connectivity index (χ0v) is 12.4. The largest absolute Gasteiger partial charge is 0.484 e. The maximum atomic E-state index is 11.7. The third-order valence-electron chi connectivity index (χ3n) is 3.38. The molecule has 0 saturated carbocycles. The van der Waals surface area contributed by atoms with Crippen molar-refractivity contribution >= 4 is 11.6 Å². The monoisotopic (exact) mass is 284 g/mol. The Morgan fingerprint density at radius 3 is 2.67 bits per heavy atom. The SMILES string of the molecule is CC[C@H](C)c1ccc(OCC(=O)Nc2cccnc2)cc1. The lowest BCUT2D eigenvalue weighted by Gasteiger charge is -2.11. The zero-order chi connectivity index (χ0) is 15.1. The lowest BCUT2D eigenvalue weighted by Crippen LogP contribution is -2.20. The van der Waals surface area contributed by atoms with Crippen molar-refractivity contribution in [3.63, 3.8) is 0 Å². The minimum atomic E-state index is -0.200. The van der Waals surface area contributed by atoms with Gasteiger partial charge in [-0.3, -0.25) is 9.78 Å². The van der Waals surface area contributed by atoms with Crippen LogP contribution in [0.15, 0.2) is 48.8 Å². The molecule has 110 valence electrons. The molecule has 0 aliphatic carbocycles. The maximum Gasteiger partial charge on any atom is 0.262 e. The molecular weight excluding hydrogens is 264 g/mol. The van der Waals surface area contributed by atoms with E-state index in [-0.39, 0.29) is 12.5 Å². The molecule has 1 heterocycles. The second-order valence-electron chi connectivity index (χ2n) is 4.96. The van der Waals surface area contributed by atoms with Crippen molar-refractivity contribution in [2.45, 2.75) is 26.2 Å². The summed E-state index contributed by atoms with van der Waals surface area (Å²) in [7, 11) is 0. The van der Waals surface area contributed by atoms with Gasteiger partial charge < -0.3 is 10.1 Å². The number of ether oxygens (including phenoxy) is 1.